The summed E-state index contributed by atoms with van der Waals surface area (Å²) < 4.78 is 28.1. The number of rotatable bonds is 3. The van der Waals surface area contributed by atoms with Crippen LogP contribution in [0.4, 0.5) is 5.69 Å². The van der Waals surface area contributed by atoms with Gasteiger partial charge in [-0.25, -0.2) is 8.42 Å². The summed E-state index contributed by atoms with van der Waals surface area (Å²) in [6.45, 7) is 9.02. The molecular formula is C17H21NO3S. The molecule has 0 radical (unpaired) electrons. The Bertz CT molecular complexity index is 816. The molecule has 2 aromatic rings. The van der Waals surface area contributed by atoms with Crippen molar-refractivity contribution in [1.82, 2.24) is 0 Å². The average molecular weight is 319 g/mol. The van der Waals surface area contributed by atoms with Crippen molar-refractivity contribution in [1.29, 1.82) is 0 Å². The third-order valence-corrected chi connectivity index (χ3v) is 5.33. The maximum absolute atomic E-state index is 12.7. The Morgan fingerprint density at radius 1 is 0.818 bits per heavy atom. The summed E-state index contributed by atoms with van der Waals surface area (Å²) in [5.74, 6) is 0.156. The van der Waals surface area contributed by atoms with Crippen molar-refractivity contribution >= 4 is 15.7 Å². The van der Waals surface area contributed by atoms with Gasteiger partial charge in [0, 0.05) is 0 Å². The third-order valence-electron chi connectivity index (χ3n) is 3.66. The van der Waals surface area contributed by atoms with E-state index >= 15 is 0 Å². The van der Waals surface area contributed by atoms with Crippen molar-refractivity contribution in [2.24, 2.45) is 0 Å². The molecule has 0 saturated carbocycles. The van der Waals surface area contributed by atoms with Gasteiger partial charge in [-0.2, -0.15) is 0 Å². The van der Waals surface area contributed by atoms with Crippen LogP contribution in [-0.2, 0) is 10.0 Å². The second-order valence-corrected chi connectivity index (χ2v) is 7.41. The predicted molar refractivity (Wildman–Crippen MR) is 89.0 cm³/mol. The molecule has 22 heavy (non-hydrogen) atoms. The van der Waals surface area contributed by atoms with E-state index in [2.05, 4.69) is 4.72 Å². The fraction of sp³-hybridized carbons (Fsp3) is 0.294. The smallest absolute Gasteiger partial charge is 0.262 e. The molecule has 0 amide bonds. The highest BCUT2D eigenvalue weighted by Crippen LogP contribution is 2.29. The highest BCUT2D eigenvalue weighted by molar-refractivity contribution is 7.92. The van der Waals surface area contributed by atoms with Crippen molar-refractivity contribution in [2.75, 3.05) is 4.72 Å². The Hall–Kier alpha value is -2.01. The highest BCUT2D eigenvalue weighted by atomic mass is 32.2. The van der Waals surface area contributed by atoms with E-state index in [1.54, 1.807) is 39.8 Å². The SMILES string of the molecule is Cc1cc(C)c(S(=O)(=O)Nc2cc(C)c(O)cc2C)c(C)c1. The van der Waals surface area contributed by atoms with Gasteiger partial charge in [0.15, 0.2) is 0 Å². The Kier molecular flexibility index (Phi) is 4.20. The molecule has 0 bridgehead atoms. The zero-order valence-corrected chi connectivity index (χ0v) is 14.3. The molecule has 4 nitrogen and oxygen atoms in total. The molecule has 0 fully saturated rings. The lowest BCUT2D eigenvalue weighted by Crippen LogP contribution is -2.16. The van der Waals surface area contributed by atoms with Crippen LogP contribution in [0, 0.1) is 34.6 Å². The van der Waals surface area contributed by atoms with Gasteiger partial charge in [0.1, 0.15) is 5.75 Å². The highest BCUT2D eigenvalue weighted by Gasteiger charge is 2.21. The number of phenols is 1. The largest absolute Gasteiger partial charge is 0.508 e. The van der Waals surface area contributed by atoms with E-state index in [0.29, 0.717) is 21.7 Å². The zero-order valence-electron chi connectivity index (χ0n) is 13.5. The Morgan fingerprint density at radius 3 is 1.91 bits per heavy atom. The summed E-state index contributed by atoms with van der Waals surface area (Å²) in [5.41, 5.74) is 4.26. The van der Waals surface area contributed by atoms with E-state index in [-0.39, 0.29) is 5.75 Å². The third kappa shape index (κ3) is 3.09. The number of aromatic hydroxyl groups is 1. The summed E-state index contributed by atoms with van der Waals surface area (Å²) in [5, 5.41) is 9.68. The second kappa shape index (κ2) is 5.65. The summed E-state index contributed by atoms with van der Waals surface area (Å²) in [6, 6.07) is 6.91. The molecule has 0 atom stereocenters. The van der Waals surface area contributed by atoms with E-state index < -0.39 is 10.0 Å². The molecule has 0 aliphatic carbocycles. The van der Waals surface area contributed by atoms with Crippen LogP contribution >= 0.6 is 0 Å². The van der Waals surface area contributed by atoms with Crippen molar-refractivity contribution in [2.45, 2.75) is 39.5 Å². The topological polar surface area (TPSA) is 66.4 Å². The van der Waals surface area contributed by atoms with Crippen LogP contribution in [0.5, 0.6) is 5.75 Å². The first-order valence-electron chi connectivity index (χ1n) is 7.02. The first-order chi connectivity index (χ1) is 10.1. The molecular weight excluding hydrogens is 298 g/mol. The van der Waals surface area contributed by atoms with Gasteiger partial charge in [-0.15, -0.1) is 0 Å². The van der Waals surface area contributed by atoms with E-state index in [9.17, 15) is 13.5 Å². The Labute approximate surface area is 131 Å². The van der Waals surface area contributed by atoms with Crippen LogP contribution in [0.15, 0.2) is 29.2 Å². The van der Waals surface area contributed by atoms with E-state index in [1.807, 2.05) is 19.1 Å². The molecule has 0 aliphatic rings. The number of nitrogens with one attached hydrogen (secondary N) is 1. The summed E-state index contributed by atoms with van der Waals surface area (Å²) in [7, 11) is -3.68. The molecule has 5 heteroatoms. The van der Waals surface area contributed by atoms with Gasteiger partial charge in [-0.1, -0.05) is 17.7 Å². The average Bonchev–Trinajstić information content (AvgIpc) is 2.33. The van der Waals surface area contributed by atoms with Gasteiger partial charge < -0.3 is 5.11 Å². The van der Waals surface area contributed by atoms with Crippen LogP contribution in [0.3, 0.4) is 0 Å². The number of hydrogen-bond acceptors (Lipinski definition) is 3. The molecule has 2 aromatic carbocycles. The number of hydrogen-bond donors (Lipinski definition) is 2. The molecule has 0 heterocycles. The lowest BCUT2D eigenvalue weighted by Gasteiger charge is -2.16. The number of aryl methyl sites for hydroxylation is 5. The lowest BCUT2D eigenvalue weighted by atomic mass is 10.1. The Balaban J connectivity index is 2.52. The Morgan fingerprint density at radius 2 is 1.36 bits per heavy atom. The molecule has 2 N–H and O–H groups in total. The number of phenolic OH excluding ortho intramolecular Hbond substituents is 1. The fourth-order valence-electron chi connectivity index (χ4n) is 2.70. The second-order valence-electron chi connectivity index (χ2n) is 5.79. The molecule has 0 aromatic heterocycles. The van der Waals surface area contributed by atoms with Gasteiger partial charge in [-0.05, 0) is 69.0 Å². The lowest BCUT2D eigenvalue weighted by molar-refractivity contribution is 0.471. The monoisotopic (exact) mass is 319 g/mol. The minimum atomic E-state index is -3.68. The van der Waals surface area contributed by atoms with Gasteiger partial charge in [0.2, 0.25) is 0 Å². The van der Waals surface area contributed by atoms with Gasteiger partial charge in [-0.3, -0.25) is 4.72 Å². The minimum Gasteiger partial charge on any atom is -0.508 e. The van der Waals surface area contributed by atoms with E-state index in [0.717, 1.165) is 16.7 Å². The molecule has 118 valence electrons. The van der Waals surface area contributed by atoms with Gasteiger partial charge in [0.05, 0.1) is 10.6 Å². The number of benzene rings is 2. The summed E-state index contributed by atoms with van der Waals surface area (Å²) >= 11 is 0. The van der Waals surface area contributed by atoms with Crippen LogP contribution in [-0.4, -0.2) is 13.5 Å². The predicted octanol–water partition coefficient (Wildman–Crippen LogP) is 3.74. The number of sulfonamides is 1. The first-order valence-corrected chi connectivity index (χ1v) is 8.51. The maximum atomic E-state index is 12.7. The molecule has 0 saturated heterocycles. The zero-order chi connectivity index (χ0) is 16.7. The minimum absolute atomic E-state index is 0.156. The molecule has 0 spiro atoms. The van der Waals surface area contributed by atoms with Crippen LogP contribution in [0.2, 0.25) is 0 Å². The van der Waals surface area contributed by atoms with Gasteiger partial charge in [0.25, 0.3) is 10.0 Å². The van der Waals surface area contributed by atoms with E-state index in [4.69, 9.17) is 0 Å². The van der Waals surface area contributed by atoms with Crippen LogP contribution in [0.1, 0.15) is 27.8 Å². The number of anilines is 1. The molecule has 0 unspecified atom stereocenters. The summed E-state index contributed by atoms with van der Waals surface area (Å²) in [4.78, 5) is 0.309. The molecule has 0 aliphatic heterocycles. The van der Waals surface area contributed by atoms with Gasteiger partial charge >= 0.3 is 0 Å². The van der Waals surface area contributed by atoms with Crippen molar-refractivity contribution in [3.8, 4) is 5.75 Å². The van der Waals surface area contributed by atoms with Crippen LogP contribution in [0.25, 0.3) is 0 Å². The molecule has 2 rings (SSSR count). The van der Waals surface area contributed by atoms with Crippen molar-refractivity contribution in [3.63, 3.8) is 0 Å². The fourth-order valence-corrected chi connectivity index (χ4v) is 4.27. The summed E-state index contributed by atoms with van der Waals surface area (Å²) in [6.07, 6.45) is 0. The van der Waals surface area contributed by atoms with Crippen LogP contribution < -0.4 is 4.72 Å². The van der Waals surface area contributed by atoms with Crippen molar-refractivity contribution in [3.05, 3.63) is 52.1 Å². The van der Waals surface area contributed by atoms with E-state index in [1.165, 1.54) is 0 Å². The standard InChI is InChI=1S/C17H21NO3S/c1-10-6-13(4)17(14(5)7-10)22(20,21)18-15-8-12(3)16(19)9-11(15)2/h6-9,18-19H,1-5H3. The van der Waals surface area contributed by atoms with Crippen molar-refractivity contribution < 1.29 is 13.5 Å². The quantitative estimate of drug-likeness (QED) is 0.847. The first kappa shape index (κ1) is 16.4. The maximum Gasteiger partial charge on any atom is 0.262 e. The normalized spacial score (nSPS) is 11.5.